The van der Waals surface area contributed by atoms with Crippen molar-refractivity contribution in [2.24, 2.45) is 0 Å². The van der Waals surface area contributed by atoms with Gasteiger partial charge in [-0.15, -0.1) is 0 Å². The zero-order chi connectivity index (χ0) is 21.5. The van der Waals surface area contributed by atoms with E-state index in [1.54, 1.807) is 0 Å². The lowest BCUT2D eigenvalue weighted by Crippen LogP contribution is -2.38. The highest BCUT2D eigenvalue weighted by Crippen LogP contribution is 2.36. The summed E-state index contributed by atoms with van der Waals surface area (Å²) in [6.07, 6.45) is 0.523. The van der Waals surface area contributed by atoms with Crippen molar-refractivity contribution in [3.8, 4) is 5.95 Å². The Morgan fingerprint density at radius 2 is 1.83 bits per heavy atom. The molecule has 1 aliphatic rings. The van der Waals surface area contributed by atoms with Gasteiger partial charge in [0.05, 0.1) is 28.4 Å². The fourth-order valence-electron chi connectivity index (χ4n) is 3.78. The number of aryl methyl sites for hydroxylation is 1. The first kappa shape index (κ1) is 20.3. The van der Waals surface area contributed by atoms with Crippen LogP contribution in [0.25, 0.3) is 16.9 Å². The predicted octanol–water partition coefficient (Wildman–Crippen LogP) is 3.18. The van der Waals surface area contributed by atoms with Crippen molar-refractivity contribution in [3.05, 3.63) is 47.4 Å². The van der Waals surface area contributed by atoms with Crippen LogP contribution in [-0.4, -0.2) is 42.9 Å². The van der Waals surface area contributed by atoms with Crippen molar-refractivity contribution >= 4 is 16.8 Å². The summed E-state index contributed by atoms with van der Waals surface area (Å²) in [6.45, 7) is 1.50. The van der Waals surface area contributed by atoms with Crippen molar-refractivity contribution in [2.75, 3.05) is 0 Å². The van der Waals surface area contributed by atoms with E-state index in [1.807, 2.05) is 0 Å². The second-order valence-electron chi connectivity index (χ2n) is 7.45. The molecule has 0 unspecified atom stereocenters. The van der Waals surface area contributed by atoms with Crippen LogP contribution in [0, 0.1) is 6.92 Å². The lowest BCUT2D eigenvalue weighted by molar-refractivity contribution is -0.136. The predicted molar refractivity (Wildman–Crippen MR) is 102 cm³/mol. The monoisotopic (exact) mass is 419 g/mol. The Hall–Kier alpha value is -3.01. The van der Waals surface area contributed by atoms with E-state index in [4.69, 9.17) is 0 Å². The van der Waals surface area contributed by atoms with E-state index in [9.17, 15) is 23.1 Å². The second kappa shape index (κ2) is 7.67. The van der Waals surface area contributed by atoms with Gasteiger partial charge < -0.3 is 10.4 Å². The molecule has 0 aliphatic heterocycles. The number of nitrogens with one attached hydrogen (secondary N) is 1. The maximum atomic E-state index is 13.3. The van der Waals surface area contributed by atoms with Crippen LogP contribution in [0.4, 0.5) is 13.2 Å². The first-order chi connectivity index (χ1) is 14.2. The third-order valence-corrected chi connectivity index (χ3v) is 5.31. The Bertz CT molecular complexity index is 1070. The molecule has 2 aromatic heterocycles. The molecule has 2 heterocycles. The lowest BCUT2D eigenvalue weighted by atomic mass is 9.93. The minimum atomic E-state index is -4.50. The quantitative estimate of drug-likeness (QED) is 0.680. The molecule has 3 aromatic rings. The zero-order valence-electron chi connectivity index (χ0n) is 16.1. The van der Waals surface area contributed by atoms with E-state index < -0.39 is 11.7 Å². The molecule has 0 spiro atoms. The van der Waals surface area contributed by atoms with Gasteiger partial charge in [-0.05, 0) is 44.7 Å². The van der Waals surface area contributed by atoms with Crippen LogP contribution >= 0.6 is 0 Å². The number of carbonyl (C=O) groups excluding carboxylic acids is 1. The summed E-state index contributed by atoms with van der Waals surface area (Å²) < 4.78 is 41.3. The topological polar surface area (TPSA) is 92.9 Å². The summed E-state index contributed by atoms with van der Waals surface area (Å²) >= 11 is 0. The fourth-order valence-corrected chi connectivity index (χ4v) is 3.78. The minimum Gasteiger partial charge on any atom is -0.393 e. The number of aliphatic hydroxyl groups is 1. The molecule has 0 bridgehead atoms. The van der Waals surface area contributed by atoms with Gasteiger partial charge in [0.2, 0.25) is 0 Å². The first-order valence-corrected chi connectivity index (χ1v) is 9.61. The van der Waals surface area contributed by atoms with Gasteiger partial charge in [0.25, 0.3) is 11.9 Å². The number of hydrogen-bond acceptors (Lipinski definition) is 5. The van der Waals surface area contributed by atoms with E-state index >= 15 is 0 Å². The summed E-state index contributed by atoms with van der Waals surface area (Å²) in [6, 6.07) is 3.83. The molecular formula is C20H20F3N5O2. The number of aliphatic hydroxyl groups excluding tert-OH is 1. The average molecular weight is 419 g/mol. The highest BCUT2D eigenvalue weighted by molar-refractivity contribution is 5.94. The maximum absolute atomic E-state index is 13.3. The number of aromatic nitrogens is 4. The molecule has 4 rings (SSSR count). The highest BCUT2D eigenvalue weighted by Gasteiger charge is 2.34. The number of carbonyl (C=O) groups is 1. The molecule has 7 nitrogen and oxygen atoms in total. The fraction of sp³-hybridized carbons (Fsp3) is 0.400. The van der Waals surface area contributed by atoms with E-state index in [-0.39, 0.29) is 46.2 Å². The molecule has 2 N–H and O–H groups in total. The van der Waals surface area contributed by atoms with Gasteiger partial charge in [0.1, 0.15) is 0 Å². The van der Waals surface area contributed by atoms with E-state index in [0.29, 0.717) is 25.7 Å². The molecule has 0 atom stereocenters. The van der Waals surface area contributed by atoms with Crippen LogP contribution in [0.1, 0.15) is 47.3 Å². The van der Waals surface area contributed by atoms with Crippen molar-refractivity contribution in [3.63, 3.8) is 0 Å². The molecule has 10 heteroatoms. The molecule has 1 aliphatic carbocycles. The van der Waals surface area contributed by atoms with Gasteiger partial charge in [0, 0.05) is 23.8 Å². The van der Waals surface area contributed by atoms with Crippen molar-refractivity contribution in [1.29, 1.82) is 0 Å². The van der Waals surface area contributed by atoms with E-state index in [0.717, 1.165) is 6.07 Å². The Kier molecular flexibility index (Phi) is 5.19. The SMILES string of the molecule is Cc1nn(-c2ncc(C(=O)NC3CCC(O)CC3)cn2)c2cccc(C(F)(F)F)c12. The van der Waals surface area contributed by atoms with Gasteiger partial charge >= 0.3 is 6.18 Å². The summed E-state index contributed by atoms with van der Waals surface area (Å²) in [5.74, 6) is -0.256. The summed E-state index contributed by atoms with van der Waals surface area (Å²) in [7, 11) is 0. The molecule has 158 valence electrons. The molecule has 1 amide bonds. The lowest BCUT2D eigenvalue weighted by Gasteiger charge is -2.26. The third kappa shape index (κ3) is 3.87. The van der Waals surface area contributed by atoms with Crippen LogP contribution in [0.3, 0.4) is 0 Å². The molecular weight excluding hydrogens is 399 g/mol. The molecule has 0 radical (unpaired) electrons. The molecule has 1 aromatic carbocycles. The maximum Gasteiger partial charge on any atom is 0.417 e. The van der Waals surface area contributed by atoms with Crippen LogP contribution in [0.2, 0.25) is 0 Å². The number of rotatable bonds is 3. The summed E-state index contributed by atoms with van der Waals surface area (Å²) in [5, 5.41) is 16.6. The van der Waals surface area contributed by atoms with Crippen molar-refractivity contribution < 1.29 is 23.1 Å². The van der Waals surface area contributed by atoms with Gasteiger partial charge in [-0.1, -0.05) is 6.07 Å². The van der Waals surface area contributed by atoms with Crippen LogP contribution in [0.5, 0.6) is 0 Å². The van der Waals surface area contributed by atoms with E-state index in [2.05, 4.69) is 20.4 Å². The van der Waals surface area contributed by atoms with E-state index in [1.165, 1.54) is 36.1 Å². The van der Waals surface area contributed by atoms with Gasteiger partial charge in [0.15, 0.2) is 0 Å². The third-order valence-electron chi connectivity index (χ3n) is 5.31. The molecule has 1 saturated carbocycles. The number of nitrogens with zero attached hydrogens (tertiary/aromatic N) is 4. The molecule has 1 fully saturated rings. The van der Waals surface area contributed by atoms with Crippen molar-refractivity contribution in [2.45, 2.75) is 50.9 Å². The van der Waals surface area contributed by atoms with Gasteiger partial charge in [-0.25, -0.2) is 9.97 Å². The van der Waals surface area contributed by atoms with Gasteiger partial charge in [-0.2, -0.15) is 23.0 Å². The Morgan fingerprint density at radius 3 is 2.47 bits per heavy atom. The Balaban J connectivity index is 1.59. The smallest absolute Gasteiger partial charge is 0.393 e. The Labute approximate surface area is 169 Å². The number of hydrogen-bond donors (Lipinski definition) is 2. The second-order valence-corrected chi connectivity index (χ2v) is 7.45. The van der Waals surface area contributed by atoms with Crippen LogP contribution in [0.15, 0.2) is 30.6 Å². The molecule has 30 heavy (non-hydrogen) atoms. The number of amides is 1. The van der Waals surface area contributed by atoms with Crippen molar-refractivity contribution in [1.82, 2.24) is 25.1 Å². The summed E-state index contributed by atoms with van der Waals surface area (Å²) in [4.78, 5) is 20.7. The first-order valence-electron chi connectivity index (χ1n) is 9.61. The number of fused-ring (bicyclic) bond motifs is 1. The highest BCUT2D eigenvalue weighted by atomic mass is 19.4. The summed E-state index contributed by atoms with van der Waals surface area (Å²) in [5.41, 5.74) is -0.0745. The Morgan fingerprint density at radius 1 is 1.17 bits per heavy atom. The average Bonchev–Trinajstić information content (AvgIpc) is 3.06. The molecule has 0 saturated heterocycles. The minimum absolute atomic E-state index is 0.00472. The van der Waals surface area contributed by atoms with Crippen LogP contribution < -0.4 is 5.32 Å². The normalized spacial score (nSPS) is 19.8. The number of alkyl halides is 3. The number of halogens is 3. The number of benzene rings is 1. The zero-order valence-corrected chi connectivity index (χ0v) is 16.1. The van der Waals surface area contributed by atoms with Gasteiger partial charge in [-0.3, -0.25) is 4.79 Å². The largest absolute Gasteiger partial charge is 0.417 e. The van der Waals surface area contributed by atoms with Crippen LogP contribution in [-0.2, 0) is 6.18 Å². The standard InChI is InChI=1S/C20H20F3N5O2/c1-11-17-15(20(21,22)23)3-2-4-16(17)28(27-11)19-24-9-12(10-25-19)18(30)26-13-5-7-14(29)8-6-13/h2-4,9-10,13-14,29H,5-8H2,1H3,(H,26,30).